The average Bonchev–Trinajstić information content (AvgIpc) is 2.67. The first kappa shape index (κ1) is 22.4. The predicted octanol–water partition coefficient (Wildman–Crippen LogP) is 5.88. The molecule has 1 amide bonds. The molecule has 1 unspecified atom stereocenters. The fourth-order valence-electron chi connectivity index (χ4n) is 2.71. The summed E-state index contributed by atoms with van der Waals surface area (Å²) in [6, 6.07) is 11.0. The second-order valence-electron chi connectivity index (χ2n) is 6.47. The van der Waals surface area contributed by atoms with Crippen LogP contribution < -0.4 is 10.1 Å². The van der Waals surface area contributed by atoms with Gasteiger partial charge in [0.15, 0.2) is 0 Å². The van der Waals surface area contributed by atoms with Crippen LogP contribution in [0.3, 0.4) is 0 Å². The van der Waals surface area contributed by atoms with E-state index < -0.39 is 5.92 Å². The number of aryl methyl sites for hydroxylation is 2. The molecular weight excluding hydrogens is 419 g/mol. The Bertz CT molecular complexity index is 871. The molecule has 0 radical (unpaired) electrons. The Labute approximate surface area is 180 Å². The highest BCUT2D eigenvalue weighted by Gasteiger charge is 2.18. The Morgan fingerprint density at radius 3 is 2.50 bits per heavy atom. The van der Waals surface area contributed by atoms with E-state index in [1.807, 2.05) is 32.0 Å². The van der Waals surface area contributed by atoms with Crippen LogP contribution in [-0.2, 0) is 11.3 Å². The predicted molar refractivity (Wildman–Crippen MR) is 113 cm³/mol. The summed E-state index contributed by atoms with van der Waals surface area (Å²) in [5.74, 6) is -0.361. The van der Waals surface area contributed by atoms with Gasteiger partial charge in [-0.15, -0.1) is 0 Å². The Balaban J connectivity index is 1.81. The molecule has 0 fully saturated rings. The summed E-state index contributed by atoms with van der Waals surface area (Å²) in [5, 5.41) is 13.6. The van der Waals surface area contributed by atoms with Gasteiger partial charge in [-0.2, -0.15) is 5.26 Å². The second-order valence-corrected chi connectivity index (χ2v) is 7.64. The lowest BCUT2D eigenvalue weighted by molar-refractivity contribution is -0.123. The Hall–Kier alpha value is -1.93. The Kier molecular flexibility index (Phi) is 8.44. The number of hydrogen-bond acceptors (Lipinski definition) is 3. The summed E-state index contributed by atoms with van der Waals surface area (Å²) in [4.78, 5) is 12.3. The molecule has 0 saturated carbocycles. The van der Waals surface area contributed by atoms with Gasteiger partial charge < -0.3 is 10.1 Å². The first-order valence-corrected chi connectivity index (χ1v) is 9.96. The van der Waals surface area contributed by atoms with E-state index in [9.17, 15) is 10.1 Å². The van der Waals surface area contributed by atoms with Crippen molar-refractivity contribution in [3.8, 4) is 11.8 Å². The van der Waals surface area contributed by atoms with E-state index in [-0.39, 0.29) is 12.5 Å². The third kappa shape index (κ3) is 6.04. The number of hydrogen-bond donors (Lipinski definition) is 1. The molecule has 148 valence electrons. The Morgan fingerprint density at radius 1 is 1.18 bits per heavy atom. The smallest absolute Gasteiger partial charge is 0.237 e. The zero-order valence-electron chi connectivity index (χ0n) is 15.7. The van der Waals surface area contributed by atoms with Crippen molar-refractivity contribution in [2.75, 3.05) is 6.61 Å². The van der Waals surface area contributed by atoms with Crippen LogP contribution in [0.5, 0.6) is 5.75 Å². The highest BCUT2D eigenvalue weighted by molar-refractivity contribution is 6.42. The number of carbonyl (C=O) groups is 1. The van der Waals surface area contributed by atoms with Crippen molar-refractivity contribution in [2.24, 2.45) is 5.92 Å². The molecule has 4 nitrogen and oxygen atoms in total. The molecule has 2 rings (SSSR count). The van der Waals surface area contributed by atoms with Crippen LogP contribution in [0, 0.1) is 31.1 Å². The van der Waals surface area contributed by atoms with Gasteiger partial charge in [0.25, 0.3) is 0 Å². The third-order valence-electron chi connectivity index (χ3n) is 4.27. The number of rotatable bonds is 8. The zero-order chi connectivity index (χ0) is 20.7. The number of ether oxygens (including phenoxy) is 1. The second kappa shape index (κ2) is 10.6. The summed E-state index contributed by atoms with van der Waals surface area (Å²) < 4.78 is 5.72. The lowest BCUT2D eigenvalue weighted by Crippen LogP contribution is -2.30. The van der Waals surface area contributed by atoms with Crippen molar-refractivity contribution in [2.45, 2.75) is 33.2 Å². The minimum atomic E-state index is -0.754. The van der Waals surface area contributed by atoms with Crippen molar-refractivity contribution >= 4 is 40.7 Å². The molecule has 1 atom stereocenters. The molecule has 0 aromatic heterocycles. The third-order valence-corrected chi connectivity index (χ3v) is 5.73. The topological polar surface area (TPSA) is 62.1 Å². The highest BCUT2D eigenvalue weighted by atomic mass is 35.5. The summed E-state index contributed by atoms with van der Waals surface area (Å²) >= 11 is 18.2. The molecular formula is C21H21Cl3N2O2. The minimum absolute atomic E-state index is 0.218. The van der Waals surface area contributed by atoms with Crippen LogP contribution in [0.1, 0.15) is 29.5 Å². The number of halogens is 3. The Morgan fingerprint density at radius 2 is 1.86 bits per heavy atom. The molecule has 1 N–H and O–H groups in total. The van der Waals surface area contributed by atoms with E-state index >= 15 is 0 Å². The fraction of sp³-hybridized carbons (Fsp3) is 0.333. The van der Waals surface area contributed by atoms with E-state index in [2.05, 4.69) is 5.32 Å². The zero-order valence-corrected chi connectivity index (χ0v) is 18.0. The van der Waals surface area contributed by atoms with Crippen molar-refractivity contribution in [1.82, 2.24) is 5.32 Å². The summed E-state index contributed by atoms with van der Waals surface area (Å²) in [5.41, 5.74) is 2.60. The van der Waals surface area contributed by atoms with E-state index in [0.717, 1.165) is 21.9 Å². The van der Waals surface area contributed by atoms with Gasteiger partial charge in [0.05, 0.1) is 22.7 Å². The van der Waals surface area contributed by atoms with Crippen LogP contribution in [0.25, 0.3) is 0 Å². The van der Waals surface area contributed by atoms with Crippen molar-refractivity contribution in [1.29, 1.82) is 5.26 Å². The number of amides is 1. The summed E-state index contributed by atoms with van der Waals surface area (Å²) in [6.45, 7) is 4.47. The minimum Gasteiger partial charge on any atom is -0.494 e. The largest absolute Gasteiger partial charge is 0.494 e. The average molecular weight is 440 g/mol. The van der Waals surface area contributed by atoms with E-state index in [1.165, 1.54) is 0 Å². The van der Waals surface area contributed by atoms with Gasteiger partial charge in [-0.05, 0) is 61.6 Å². The van der Waals surface area contributed by atoms with E-state index in [0.29, 0.717) is 35.1 Å². The molecule has 0 heterocycles. The maximum Gasteiger partial charge on any atom is 0.237 e. The van der Waals surface area contributed by atoms with E-state index in [1.54, 1.807) is 18.2 Å². The SMILES string of the molecule is Cc1cc(OCCCC(C#N)C(=O)NCc2cccc(Cl)c2Cl)cc(C)c1Cl. The molecule has 7 heteroatoms. The van der Waals surface area contributed by atoms with Crippen LogP contribution in [0.2, 0.25) is 15.1 Å². The van der Waals surface area contributed by atoms with Crippen LogP contribution in [0.4, 0.5) is 0 Å². The molecule has 0 spiro atoms. The highest BCUT2D eigenvalue weighted by Crippen LogP contribution is 2.26. The standard InChI is InChI=1S/C21H21Cl3N2O2/c1-13-9-17(10-14(2)19(13)23)28-8-4-6-15(11-25)21(27)26-12-16-5-3-7-18(22)20(16)24/h3,5,7,9-10,15H,4,6,8,12H2,1-2H3,(H,26,27). The first-order valence-electron chi connectivity index (χ1n) is 8.83. The van der Waals surface area contributed by atoms with Crippen LogP contribution >= 0.6 is 34.8 Å². The number of nitriles is 1. The summed E-state index contributed by atoms with van der Waals surface area (Å²) in [6.07, 6.45) is 0.974. The quantitative estimate of drug-likeness (QED) is 0.522. The number of nitrogens with zero attached hydrogens (tertiary/aromatic N) is 1. The molecule has 2 aromatic carbocycles. The van der Waals surface area contributed by atoms with E-state index in [4.69, 9.17) is 39.5 Å². The molecule has 0 aliphatic rings. The normalized spacial score (nSPS) is 11.6. The lowest BCUT2D eigenvalue weighted by Gasteiger charge is -2.13. The van der Waals surface area contributed by atoms with Crippen molar-refractivity contribution in [3.05, 3.63) is 62.1 Å². The van der Waals surface area contributed by atoms with Crippen molar-refractivity contribution < 1.29 is 9.53 Å². The van der Waals surface area contributed by atoms with Gasteiger partial charge in [0.2, 0.25) is 5.91 Å². The molecule has 0 saturated heterocycles. The number of benzene rings is 2. The van der Waals surface area contributed by atoms with Gasteiger partial charge in [0, 0.05) is 11.6 Å². The molecule has 0 bridgehead atoms. The molecule has 2 aromatic rings. The molecule has 28 heavy (non-hydrogen) atoms. The fourth-order valence-corrected chi connectivity index (χ4v) is 3.21. The monoisotopic (exact) mass is 438 g/mol. The molecule has 0 aliphatic carbocycles. The maximum absolute atomic E-state index is 12.3. The van der Waals surface area contributed by atoms with Gasteiger partial charge in [-0.3, -0.25) is 4.79 Å². The van der Waals surface area contributed by atoms with Crippen LogP contribution in [0.15, 0.2) is 30.3 Å². The van der Waals surface area contributed by atoms with Gasteiger partial charge >= 0.3 is 0 Å². The number of nitrogens with one attached hydrogen (secondary N) is 1. The van der Waals surface area contributed by atoms with Crippen LogP contribution in [-0.4, -0.2) is 12.5 Å². The maximum atomic E-state index is 12.3. The summed E-state index contributed by atoms with van der Waals surface area (Å²) in [7, 11) is 0. The number of carbonyl (C=O) groups excluding carboxylic acids is 1. The first-order chi connectivity index (χ1) is 13.3. The van der Waals surface area contributed by atoms with Gasteiger partial charge in [-0.25, -0.2) is 0 Å². The molecule has 0 aliphatic heterocycles. The van der Waals surface area contributed by atoms with Crippen molar-refractivity contribution in [3.63, 3.8) is 0 Å². The van der Waals surface area contributed by atoms with Gasteiger partial charge in [-0.1, -0.05) is 46.9 Å². The lowest BCUT2D eigenvalue weighted by atomic mass is 10.0. The van der Waals surface area contributed by atoms with Gasteiger partial charge in [0.1, 0.15) is 11.7 Å².